The first-order valence-corrected chi connectivity index (χ1v) is 9.72. The number of furan rings is 1. The van der Waals surface area contributed by atoms with Crippen LogP contribution in [-0.4, -0.2) is 37.2 Å². The number of carbonyl (C=O) groups excluding carboxylic acids is 1. The lowest BCUT2D eigenvalue weighted by molar-refractivity contribution is -0.140. The van der Waals surface area contributed by atoms with E-state index in [0.717, 1.165) is 27.8 Å². The Hall–Kier alpha value is -3.74. The van der Waals surface area contributed by atoms with Crippen LogP contribution < -0.4 is 14.8 Å². The number of hydrogen-bond acceptors (Lipinski definition) is 5. The van der Waals surface area contributed by atoms with E-state index < -0.39 is 17.9 Å². The Balaban J connectivity index is 2.14. The molecule has 2 N–H and O–H groups in total. The van der Waals surface area contributed by atoms with E-state index in [1.165, 1.54) is 13.0 Å². The second-order valence-electron chi connectivity index (χ2n) is 7.20. The molecular weight excluding hydrogens is 398 g/mol. The molecule has 0 saturated carbocycles. The van der Waals surface area contributed by atoms with Gasteiger partial charge in [-0.3, -0.25) is 9.59 Å². The number of nitrogens with one attached hydrogen (secondary N) is 1. The molecule has 1 aromatic heterocycles. The van der Waals surface area contributed by atoms with Gasteiger partial charge in [0, 0.05) is 33.7 Å². The Labute approximate surface area is 180 Å². The monoisotopic (exact) mass is 423 g/mol. The van der Waals surface area contributed by atoms with Crippen LogP contribution in [0.4, 0.5) is 0 Å². The van der Waals surface area contributed by atoms with Crippen LogP contribution >= 0.6 is 0 Å². The molecule has 1 amide bonds. The Morgan fingerprint density at radius 2 is 1.87 bits per heavy atom. The van der Waals surface area contributed by atoms with Crippen LogP contribution in [0.3, 0.4) is 0 Å². The fourth-order valence-corrected chi connectivity index (χ4v) is 3.54. The van der Waals surface area contributed by atoms with Crippen LogP contribution in [0, 0.1) is 6.92 Å². The zero-order valence-electron chi connectivity index (χ0n) is 18.1. The van der Waals surface area contributed by atoms with Gasteiger partial charge in [-0.1, -0.05) is 18.2 Å². The van der Waals surface area contributed by atoms with Gasteiger partial charge < -0.3 is 24.3 Å². The van der Waals surface area contributed by atoms with E-state index in [9.17, 15) is 9.59 Å². The fraction of sp³-hybridized carbons (Fsp3) is 0.250. The molecule has 3 rings (SSSR count). The number of rotatable bonds is 7. The number of amides is 1. The van der Waals surface area contributed by atoms with Crippen molar-refractivity contribution >= 4 is 28.4 Å². The van der Waals surface area contributed by atoms with Gasteiger partial charge in [0.05, 0.1) is 20.5 Å². The Kier molecular flexibility index (Phi) is 6.34. The van der Waals surface area contributed by atoms with Gasteiger partial charge in [0.25, 0.3) is 0 Å². The predicted molar refractivity (Wildman–Crippen MR) is 118 cm³/mol. The quantitative estimate of drug-likeness (QED) is 0.546. The largest absolute Gasteiger partial charge is 0.496 e. The van der Waals surface area contributed by atoms with E-state index in [1.807, 2.05) is 37.3 Å². The summed E-state index contributed by atoms with van der Waals surface area (Å²) in [5.41, 5.74) is 4.55. The fourth-order valence-electron chi connectivity index (χ4n) is 3.54. The second kappa shape index (κ2) is 8.95. The van der Waals surface area contributed by atoms with Crippen LogP contribution in [0.1, 0.15) is 25.0 Å². The molecule has 31 heavy (non-hydrogen) atoms. The van der Waals surface area contributed by atoms with Gasteiger partial charge in [-0.15, -0.1) is 0 Å². The van der Waals surface area contributed by atoms with Gasteiger partial charge in [-0.2, -0.15) is 0 Å². The minimum Gasteiger partial charge on any atom is -0.496 e. The summed E-state index contributed by atoms with van der Waals surface area (Å²) in [6.07, 6.45) is 3.05. The predicted octanol–water partition coefficient (Wildman–Crippen LogP) is 4.42. The number of methoxy groups -OCH3 is 2. The summed E-state index contributed by atoms with van der Waals surface area (Å²) in [6.45, 7) is 5.07. The lowest BCUT2D eigenvalue weighted by Crippen LogP contribution is -2.37. The summed E-state index contributed by atoms with van der Waals surface area (Å²) in [5.74, 6) is -0.297. The van der Waals surface area contributed by atoms with E-state index in [0.29, 0.717) is 22.5 Å². The summed E-state index contributed by atoms with van der Waals surface area (Å²) in [5, 5.41) is 12.3. The summed E-state index contributed by atoms with van der Waals surface area (Å²) < 4.78 is 17.0. The van der Waals surface area contributed by atoms with Gasteiger partial charge in [-0.05, 0) is 38.5 Å². The maximum absolute atomic E-state index is 12.3. The van der Waals surface area contributed by atoms with Gasteiger partial charge in [0.2, 0.25) is 5.91 Å². The molecule has 0 fully saturated rings. The number of para-hydroxylation sites is 1. The van der Waals surface area contributed by atoms with Crippen LogP contribution in [0.2, 0.25) is 0 Å². The molecular formula is C24H25NO6. The molecule has 3 aromatic rings. The topological polar surface area (TPSA) is 98.0 Å². The molecule has 0 spiro atoms. The number of allylic oxidation sites excluding steroid dienone is 1. The molecule has 0 radical (unpaired) electrons. The highest BCUT2D eigenvalue weighted by Gasteiger charge is 2.20. The summed E-state index contributed by atoms with van der Waals surface area (Å²) in [6, 6.07) is 8.57. The lowest BCUT2D eigenvalue weighted by atomic mass is 9.96. The lowest BCUT2D eigenvalue weighted by Gasteiger charge is -2.14. The van der Waals surface area contributed by atoms with E-state index in [-0.39, 0.29) is 0 Å². The highest BCUT2D eigenvalue weighted by molar-refractivity contribution is 6.02. The molecule has 2 aromatic carbocycles. The van der Waals surface area contributed by atoms with Crippen molar-refractivity contribution in [2.24, 2.45) is 0 Å². The maximum atomic E-state index is 12.3. The Morgan fingerprint density at radius 1 is 1.16 bits per heavy atom. The number of hydrogen-bond donors (Lipinski definition) is 2. The SMILES string of the molecule is COc1ccccc1-c1coc2c(C)c(OC)c(/C(C)=C/C(=O)NC(C)C(=O)O)cc12. The smallest absolute Gasteiger partial charge is 0.325 e. The summed E-state index contributed by atoms with van der Waals surface area (Å²) in [7, 11) is 3.17. The first-order valence-electron chi connectivity index (χ1n) is 9.72. The molecule has 0 bridgehead atoms. The summed E-state index contributed by atoms with van der Waals surface area (Å²) >= 11 is 0. The van der Waals surface area contributed by atoms with Crippen LogP contribution in [0.5, 0.6) is 11.5 Å². The molecule has 1 unspecified atom stereocenters. The molecule has 7 heteroatoms. The van der Waals surface area contributed by atoms with Crippen molar-refractivity contribution in [3.05, 3.63) is 53.8 Å². The molecule has 162 valence electrons. The van der Waals surface area contributed by atoms with Gasteiger partial charge in [-0.25, -0.2) is 0 Å². The van der Waals surface area contributed by atoms with Gasteiger partial charge in [0.15, 0.2) is 0 Å². The zero-order valence-corrected chi connectivity index (χ0v) is 18.1. The van der Waals surface area contributed by atoms with Crippen molar-refractivity contribution in [2.75, 3.05) is 14.2 Å². The molecule has 0 aliphatic carbocycles. The zero-order chi connectivity index (χ0) is 22.7. The number of fused-ring (bicyclic) bond motifs is 1. The van der Waals surface area contributed by atoms with Crippen molar-refractivity contribution in [1.82, 2.24) is 5.32 Å². The minimum absolute atomic E-state index is 0.496. The van der Waals surface area contributed by atoms with Gasteiger partial charge in [0.1, 0.15) is 23.1 Å². The van der Waals surface area contributed by atoms with Crippen LogP contribution in [-0.2, 0) is 9.59 Å². The van der Waals surface area contributed by atoms with Crippen LogP contribution in [0.15, 0.2) is 47.1 Å². The van der Waals surface area contributed by atoms with E-state index >= 15 is 0 Å². The molecule has 0 saturated heterocycles. The average molecular weight is 423 g/mol. The highest BCUT2D eigenvalue weighted by Crippen LogP contribution is 2.42. The van der Waals surface area contributed by atoms with Crippen molar-refractivity contribution in [2.45, 2.75) is 26.8 Å². The number of carboxylic acids is 1. The number of aliphatic carboxylic acids is 1. The highest BCUT2D eigenvalue weighted by atomic mass is 16.5. The average Bonchev–Trinajstić information content (AvgIpc) is 3.17. The maximum Gasteiger partial charge on any atom is 0.325 e. The first-order chi connectivity index (χ1) is 14.8. The molecule has 1 heterocycles. The van der Waals surface area contributed by atoms with Crippen molar-refractivity contribution < 1.29 is 28.6 Å². The minimum atomic E-state index is -1.10. The van der Waals surface area contributed by atoms with E-state index in [4.69, 9.17) is 19.0 Å². The second-order valence-corrected chi connectivity index (χ2v) is 7.20. The van der Waals surface area contributed by atoms with Crippen molar-refractivity contribution in [3.63, 3.8) is 0 Å². The Bertz CT molecular complexity index is 1170. The van der Waals surface area contributed by atoms with Crippen molar-refractivity contribution in [1.29, 1.82) is 0 Å². The number of aryl methyl sites for hydroxylation is 1. The van der Waals surface area contributed by atoms with E-state index in [2.05, 4.69) is 5.32 Å². The molecule has 1 atom stereocenters. The number of carboxylic acid groups (broad SMARTS) is 1. The normalized spacial score (nSPS) is 12.5. The number of benzene rings is 2. The molecule has 0 aliphatic heterocycles. The van der Waals surface area contributed by atoms with E-state index in [1.54, 1.807) is 27.4 Å². The third-order valence-electron chi connectivity index (χ3n) is 5.15. The Morgan fingerprint density at radius 3 is 2.52 bits per heavy atom. The number of carbonyl (C=O) groups is 2. The number of ether oxygens (including phenoxy) is 2. The first kappa shape index (κ1) is 22.0. The molecule has 7 nitrogen and oxygen atoms in total. The standard InChI is InChI=1S/C24H25NO6/c1-13(10-21(26)25-15(3)24(27)28)17-11-18-19(16-8-6-7-9-20(16)29-4)12-31-23(18)14(2)22(17)30-5/h6-12,15H,1-5H3,(H,25,26)(H,27,28)/b13-10+. The van der Waals surface area contributed by atoms with Crippen molar-refractivity contribution in [3.8, 4) is 22.6 Å². The van der Waals surface area contributed by atoms with Gasteiger partial charge >= 0.3 is 5.97 Å². The summed E-state index contributed by atoms with van der Waals surface area (Å²) in [4.78, 5) is 23.3. The molecule has 0 aliphatic rings. The third kappa shape index (κ3) is 4.26. The van der Waals surface area contributed by atoms with Crippen LogP contribution in [0.25, 0.3) is 27.7 Å². The third-order valence-corrected chi connectivity index (χ3v) is 5.15.